The molecule has 0 aliphatic heterocycles. The molecule has 17 heteroatoms. The topological polar surface area (TPSA) is 114 Å². The average Bonchev–Trinajstić information content (AvgIpc) is 2.16. The van der Waals surface area contributed by atoms with Crippen molar-refractivity contribution in [2.24, 2.45) is 0 Å². The first-order valence-electron chi connectivity index (χ1n) is 7.35. The fourth-order valence-electron chi connectivity index (χ4n) is 2.60. The molecule has 0 radical (unpaired) electrons. The molecular formula is C12H27F6O6P3S2. The smallest absolute Gasteiger partial charge is 0.485 e. The summed E-state index contributed by atoms with van der Waals surface area (Å²) in [5.74, 6) is 0. The monoisotopic (exact) mass is 538 g/mol. The Hall–Kier alpha value is 0.690. The molecule has 0 aliphatic carbocycles. The van der Waals surface area contributed by atoms with E-state index in [0.29, 0.717) is 5.16 Å². The van der Waals surface area contributed by atoms with Crippen LogP contribution in [0.2, 0.25) is 0 Å². The van der Waals surface area contributed by atoms with Crippen molar-refractivity contribution in [3.63, 3.8) is 0 Å². The maximum atomic E-state index is 10.7. The van der Waals surface area contributed by atoms with Gasteiger partial charge in [-0.3, -0.25) is 0 Å². The van der Waals surface area contributed by atoms with Crippen molar-refractivity contribution >= 4 is 41.4 Å². The summed E-state index contributed by atoms with van der Waals surface area (Å²) in [5.41, 5.74) is -11.3. The van der Waals surface area contributed by atoms with Gasteiger partial charge in [0.1, 0.15) is 0 Å². The number of halogens is 6. The van der Waals surface area contributed by atoms with Gasteiger partial charge in [-0.2, -0.15) is 26.3 Å². The zero-order chi connectivity index (χ0) is 25.1. The van der Waals surface area contributed by atoms with Gasteiger partial charge >= 0.3 is 11.0 Å². The summed E-state index contributed by atoms with van der Waals surface area (Å²) in [6.07, 6.45) is 0. The van der Waals surface area contributed by atoms with E-state index in [1.807, 2.05) is 0 Å². The van der Waals surface area contributed by atoms with Crippen LogP contribution in [0.4, 0.5) is 26.3 Å². The van der Waals surface area contributed by atoms with E-state index in [-0.39, 0.29) is 7.30 Å². The molecule has 0 spiro atoms. The first kappa shape index (κ1) is 34.3. The molecule has 0 atom stereocenters. The third-order valence-corrected chi connectivity index (χ3v) is 27.0. The summed E-state index contributed by atoms with van der Waals surface area (Å²) in [4.78, 5) is 0. The van der Waals surface area contributed by atoms with Crippen molar-refractivity contribution in [1.29, 1.82) is 0 Å². The minimum Gasteiger partial charge on any atom is -0.741 e. The Balaban J connectivity index is -0.000000368. The fraction of sp³-hybridized carbons (Fsp3) is 1.00. The van der Waals surface area contributed by atoms with Gasteiger partial charge in [-0.1, -0.05) is 0 Å². The first-order chi connectivity index (χ1) is 11.9. The highest BCUT2D eigenvalue weighted by Crippen LogP contribution is 3.00. The molecule has 0 aliphatic rings. The standard InChI is InChI=1S/C10H27P3.2CHF3O3S/c1-10(2,3)11(12(4,5)6)13(7,8)9;2*2-1(3,4)8(5,6)7/h1-9H3;2*(H,5,6,7)/q+2;;/p-2. The maximum absolute atomic E-state index is 10.7. The van der Waals surface area contributed by atoms with Crippen LogP contribution in [-0.2, 0) is 20.2 Å². The third kappa shape index (κ3) is 15.2. The van der Waals surface area contributed by atoms with Crippen molar-refractivity contribution in [1.82, 2.24) is 0 Å². The van der Waals surface area contributed by atoms with Crippen LogP contribution in [0, 0.1) is 0 Å². The molecule has 0 bridgehead atoms. The normalized spacial score (nSPS) is 14.6. The van der Waals surface area contributed by atoms with E-state index in [1.165, 1.54) is 0 Å². The summed E-state index contributed by atoms with van der Waals surface area (Å²) < 4.78 is 118. The average molecular weight is 538 g/mol. The van der Waals surface area contributed by atoms with Gasteiger partial charge in [0.15, 0.2) is 20.2 Å². The minimum absolute atomic E-state index is 0.238. The van der Waals surface area contributed by atoms with Gasteiger partial charge in [0.05, 0.1) is 59.0 Å². The molecule has 0 unspecified atom stereocenters. The second kappa shape index (κ2) is 10.5. The Kier molecular flexibility index (Phi) is 12.5. The van der Waals surface area contributed by atoms with E-state index in [1.54, 1.807) is 0 Å². The Morgan fingerprint density at radius 3 is 0.759 bits per heavy atom. The molecule has 0 amide bonds. The largest absolute Gasteiger partial charge is 0.741 e. The second-order valence-corrected chi connectivity index (χ2v) is 31.1. The van der Waals surface area contributed by atoms with Crippen LogP contribution in [0.25, 0.3) is 0 Å². The summed E-state index contributed by atoms with van der Waals surface area (Å²) >= 11 is 0. The molecule has 6 nitrogen and oxygen atoms in total. The molecule has 0 aromatic heterocycles. The summed E-state index contributed by atoms with van der Waals surface area (Å²) in [5, 5.41) is 0.549. The van der Waals surface area contributed by atoms with Crippen molar-refractivity contribution < 1.29 is 52.3 Å². The molecule has 0 N–H and O–H groups in total. The zero-order valence-corrected chi connectivity index (χ0v) is 21.7. The Morgan fingerprint density at radius 1 is 0.621 bits per heavy atom. The highest BCUT2D eigenvalue weighted by atomic mass is 32.5. The van der Waals surface area contributed by atoms with Crippen molar-refractivity contribution in [2.45, 2.75) is 36.9 Å². The lowest BCUT2D eigenvalue weighted by Gasteiger charge is -2.36. The van der Waals surface area contributed by atoms with E-state index < -0.39 is 45.2 Å². The molecule has 0 aromatic carbocycles. The quantitative estimate of drug-likeness (QED) is 0.211. The van der Waals surface area contributed by atoms with Gasteiger partial charge in [-0.15, -0.1) is 0 Å². The molecular weight excluding hydrogens is 511 g/mol. The van der Waals surface area contributed by atoms with Crippen molar-refractivity contribution in [3.8, 4) is 0 Å². The molecule has 29 heavy (non-hydrogen) atoms. The Labute approximate surface area is 170 Å². The summed E-state index contributed by atoms with van der Waals surface area (Å²) in [6, 6.07) is 0. The third-order valence-electron chi connectivity index (χ3n) is 2.30. The summed E-state index contributed by atoms with van der Waals surface area (Å²) in [7, 11) is -11.9. The maximum Gasteiger partial charge on any atom is 0.485 e. The molecule has 0 rings (SSSR count). The number of alkyl halides is 6. The van der Waals surface area contributed by atoms with Crippen molar-refractivity contribution in [2.75, 3.05) is 40.0 Å². The molecule has 0 saturated heterocycles. The highest BCUT2D eigenvalue weighted by Gasteiger charge is 2.55. The molecule has 0 saturated carbocycles. The van der Waals surface area contributed by atoms with Crippen LogP contribution in [-0.4, -0.2) is 82.1 Å². The van der Waals surface area contributed by atoms with Crippen LogP contribution >= 0.6 is 21.2 Å². The molecule has 0 heterocycles. The van der Waals surface area contributed by atoms with Crippen molar-refractivity contribution in [3.05, 3.63) is 0 Å². The number of rotatable bonds is 2. The van der Waals surface area contributed by atoms with Crippen LogP contribution in [0.5, 0.6) is 0 Å². The predicted octanol–water partition coefficient (Wildman–Crippen LogP) is 5.01. The van der Waals surface area contributed by atoms with E-state index >= 15 is 0 Å². The number of hydrogen-bond acceptors (Lipinski definition) is 6. The van der Waals surface area contributed by atoms with Gasteiger partial charge in [0, 0.05) is 0 Å². The minimum atomic E-state index is -6.09. The molecule has 0 aromatic rings. The molecule has 180 valence electrons. The lowest BCUT2D eigenvalue weighted by molar-refractivity contribution is -0.0522. The van der Waals surface area contributed by atoms with Gasteiger partial charge in [-0.25, -0.2) is 16.8 Å². The Bertz CT molecular complexity index is 638. The highest BCUT2D eigenvalue weighted by molar-refractivity contribution is 8.69. The van der Waals surface area contributed by atoms with Gasteiger partial charge in [-0.05, 0) is 20.8 Å². The molecule has 0 fully saturated rings. The van der Waals surface area contributed by atoms with E-state index in [2.05, 4.69) is 60.8 Å². The fourth-order valence-corrected chi connectivity index (χ4v) is 37.9. The van der Waals surface area contributed by atoms with Crippen LogP contribution in [0.1, 0.15) is 20.8 Å². The van der Waals surface area contributed by atoms with Gasteiger partial charge < -0.3 is 9.11 Å². The van der Waals surface area contributed by atoms with E-state index in [4.69, 9.17) is 25.9 Å². The van der Waals surface area contributed by atoms with E-state index in [9.17, 15) is 26.3 Å². The lowest BCUT2D eigenvalue weighted by atomic mass is 10.3. The van der Waals surface area contributed by atoms with Crippen LogP contribution in [0.3, 0.4) is 0 Å². The number of hydrogen-bond donors (Lipinski definition) is 0. The Morgan fingerprint density at radius 2 is 0.759 bits per heavy atom. The van der Waals surface area contributed by atoms with Crippen LogP contribution < -0.4 is 0 Å². The second-order valence-electron chi connectivity index (χ2n) is 8.14. The zero-order valence-electron chi connectivity index (χ0n) is 17.4. The first-order valence-corrected chi connectivity index (χ1v) is 19.2. The van der Waals surface area contributed by atoms with E-state index in [0.717, 1.165) is 0 Å². The predicted molar refractivity (Wildman–Crippen MR) is 108 cm³/mol. The summed E-state index contributed by atoms with van der Waals surface area (Å²) in [6.45, 7) is 21.1. The van der Waals surface area contributed by atoms with Gasteiger partial charge in [0.2, 0.25) is 7.30 Å². The van der Waals surface area contributed by atoms with Gasteiger partial charge in [0.25, 0.3) is 0 Å². The SMILES string of the molecule is CC(C)(C)P([P+](C)(C)C)[P+](C)(C)C.O=S(=O)([O-])C(F)(F)F.O=S(=O)([O-])C(F)(F)F. The van der Waals surface area contributed by atoms with Crippen LogP contribution in [0.15, 0.2) is 0 Å². The lowest BCUT2D eigenvalue weighted by Crippen LogP contribution is -2.21.